The third-order valence-electron chi connectivity index (χ3n) is 5.00. The van der Waals surface area contributed by atoms with Crippen LogP contribution >= 0.6 is 0 Å². The Morgan fingerprint density at radius 3 is 2.50 bits per heavy atom. The fraction of sp³-hybridized carbons (Fsp3) is 0.130. The molecule has 2 aromatic carbocycles. The van der Waals surface area contributed by atoms with Gasteiger partial charge < -0.3 is 24.3 Å². The predicted molar refractivity (Wildman–Crippen MR) is 108 cm³/mol. The summed E-state index contributed by atoms with van der Waals surface area (Å²) < 4.78 is 10.5. The molecule has 1 atom stereocenters. The van der Waals surface area contributed by atoms with E-state index < -0.39 is 17.7 Å². The van der Waals surface area contributed by atoms with Crippen molar-refractivity contribution in [3.8, 4) is 11.5 Å². The zero-order valence-corrected chi connectivity index (χ0v) is 16.1. The molecule has 0 radical (unpaired) electrons. The van der Waals surface area contributed by atoms with Crippen LogP contribution in [0.15, 0.2) is 76.9 Å². The Bertz CT molecular complexity index is 1110. The van der Waals surface area contributed by atoms with E-state index in [4.69, 9.17) is 9.15 Å². The number of rotatable bonds is 5. The number of furan rings is 1. The van der Waals surface area contributed by atoms with Gasteiger partial charge in [-0.2, -0.15) is 0 Å². The number of hydrogen-bond donors (Lipinski definition) is 2. The lowest BCUT2D eigenvalue weighted by atomic mass is 9.95. The fourth-order valence-corrected chi connectivity index (χ4v) is 3.56. The number of nitrogens with zero attached hydrogens (tertiary/aromatic N) is 1. The van der Waals surface area contributed by atoms with Gasteiger partial charge in [-0.15, -0.1) is 0 Å². The standard InChI is InChI=1S/C23H19NO6/c1-29-17-9-7-14(8-10-17)21(26)19-20(15-4-2-5-16(25)12-15)24(23(28)22(19)27)13-18-6-3-11-30-18/h2-12,20,25-26H,13H2,1H3/t20-/m1/s1. The van der Waals surface area contributed by atoms with E-state index in [1.165, 1.54) is 30.4 Å². The maximum atomic E-state index is 12.9. The van der Waals surface area contributed by atoms with Crippen LogP contribution in [0.25, 0.3) is 5.76 Å². The lowest BCUT2D eigenvalue weighted by Gasteiger charge is -2.24. The number of carbonyl (C=O) groups excluding carboxylic acids is 2. The highest BCUT2D eigenvalue weighted by Crippen LogP contribution is 2.41. The smallest absolute Gasteiger partial charge is 0.296 e. The molecule has 7 nitrogen and oxygen atoms in total. The van der Waals surface area contributed by atoms with Crippen molar-refractivity contribution in [1.29, 1.82) is 0 Å². The number of aliphatic hydroxyl groups excluding tert-OH is 1. The van der Waals surface area contributed by atoms with E-state index in [1.807, 2.05) is 0 Å². The average Bonchev–Trinajstić information content (AvgIpc) is 3.36. The van der Waals surface area contributed by atoms with Crippen molar-refractivity contribution >= 4 is 17.4 Å². The monoisotopic (exact) mass is 405 g/mol. The number of amides is 1. The van der Waals surface area contributed by atoms with Gasteiger partial charge in [-0.25, -0.2) is 0 Å². The topological polar surface area (TPSA) is 100 Å². The molecule has 3 aromatic rings. The van der Waals surface area contributed by atoms with Crippen LogP contribution in [0.5, 0.6) is 11.5 Å². The van der Waals surface area contributed by atoms with E-state index >= 15 is 0 Å². The van der Waals surface area contributed by atoms with Crippen LogP contribution in [0.3, 0.4) is 0 Å². The Morgan fingerprint density at radius 1 is 1.10 bits per heavy atom. The number of carbonyl (C=O) groups is 2. The predicted octanol–water partition coefficient (Wildman–Crippen LogP) is 3.62. The molecule has 1 amide bonds. The number of aromatic hydroxyl groups is 1. The number of ether oxygens (including phenoxy) is 1. The molecule has 4 rings (SSSR count). The summed E-state index contributed by atoms with van der Waals surface area (Å²) in [6, 6.07) is 15.3. The summed E-state index contributed by atoms with van der Waals surface area (Å²) in [7, 11) is 1.52. The molecule has 1 aliphatic heterocycles. The first kappa shape index (κ1) is 19.3. The van der Waals surface area contributed by atoms with E-state index in [1.54, 1.807) is 48.5 Å². The number of hydrogen-bond acceptors (Lipinski definition) is 6. The normalized spacial score (nSPS) is 18.0. The molecule has 1 aromatic heterocycles. The second-order valence-electron chi connectivity index (χ2n) is 6.83. The second kappa shape index (κ2) is 7.79. The van der Waals surface area contributed by atoms with Crippen LogP contribution in [0.4, 0.5) is 0 Å². The molecule has 0 bridgehead atoms. The van der Waals surface area contributed by atoms with Crippen LogP contribution in [-0.4, -0.2) is 33.9 Å². The van der Waals surface area contributed by atoms with Gasteiger partial charge in [-0.3, -0.25) is 9.59 Å². The quantitative estimate of drug-likeness (QED) is 0.382. The average molecular weight is 405 g/mol. The Balaban J connectivity index is 1.85. The van der Waals surface area contributed by atoms with Crippen LogP contribution in [0, 0.1) is 0 Å². The number of benzene rings is 2. The SMILES string of the molecule is COc1ccc(C(O)=C2C(=O)C(=O)N(Cc3ccco3)[C@@H]2c2cccc(O)c2)cc1. The largest absolute Gasteiger partial charge is 0.508 e. The van der Waals surface area contributed by atoms with Gasteiger partial charge in [-0.1, -0.05) is 12.1 Å². The van der Waals surface area contributed by atoms with Crippen molar-refractivity contribution in [2.45, 2.75) is 12.6 Å². The molecule has 2 N–H and O–H groups in total. The molecule has 7 heteroatoms. The zero-order valence-electron chi connectivity index (χ0n) is 16.1. The van der Waals surface area contributed by atoms with Gasteiger partial charge in [0.1, 0.15) is 23.0 Å². The maximum Gasteiger partial charge on any atom is 0.296 e. The van der Waals surface area contributed by atoms with Crippen LogP contribution in [0.1, 0.15) is 22.9 Å². The molecule has 0 spiro atoms. The maximum absolute atomic E-state index is 12.9. The molecule has 152 valence electrons. The van der Waals surface area contributed by atoms with Crippen molar-refractivity contribution in [2.24, 2.45) is 0 Å². The third-order valence-corrected chi connectivity index (χ3v) is 5.00. The number of Topliss-reactive ketones (excluding diaryl/α,β-unsaturated/α-hetero) is 1. The van der Waals surface area contributed by atoms with Gasteiger partial charge in [0.2, 0.25) is 0 Å². The first-order chi connectivity index (χ1) is 14.5. The Labute approximate surface area is 172 Å². The molecule has 1 fully saturated rings. The molecule has 0 saturated carbocycles. The molecule has 1 aliphatic rings. The summed E-state index contributed by atoms with van der Waals surface area (Å²) in [5, 5.41) is 20.9. The van der Waals surface area contributed by atoms with Gasteiger partial charge in [0.05, 0.1) is 31.5 Å². The Morgan fingerprint density at radius 2 is 1.87 bits per heavy atom. The fourth-order valence-electron chi connectivity index (χ4n) is 3.56. The summed E-state index contributed by atoms with van der Waals surface area (Å²) in [5.74, 6) is -0.786. The van der Waals surface area contributed by atoms with E-state index in [-0.39, 0.29) is 23.6 Å². The molecule has 2 heterocycles. The number of phenolic OH excluding ortho intramolecular Hbond substituents is 1. The summed E-state index contributed by atoms with van der Waals surface area (Å²) in [6.07, 6.45) is 1.48. The van der Waals surface area contributed by atoms with Gasteiger partial charge in [0, 0.05) is 5.56 Å². The van der Waals surface area contributed by atoms with E-state index in [0.717, 1.165) is 0 Å². The number of methoxy groups -OCH3 is 1. The van der Waals surface area contributed by atoms with Crippen LogP contribution in [-0.2, 0) is 16.1 Å². The van der Waals surface area contributed by atoms with Gasteiger partial charge in [-0.05, 0) is 54.1 Å². The zero-order chi connectivity index (χ0) is 21.3. The molecular formula is C23H19NO6. The van der Waals surface area contributed by atoms with E-state index in [9.17, 15) is 19.8 Å². The molecule has 1 saturated heterocycles. The van der Waals surface area contributed by atoms with Gasteiger partial charge in [0.25, 0.3) is 11.7 Å². The van der Waals surface area contributed by atoms with Crippen LogP contribution in [0.2, 0.25) is 0 Å². The summed E-state index contributed by atoms with van der Waals surface area (Å²) in [6.45, 7) is 0.0390. The first-order valence-electron chi connectivity index (χ1n) is 9.23. The molecule has 0 aliphatic carbocycles. The lowest BCUT2D eigenvalue weighted by Crippen LogP contribution is -2.29. The lowest BCUT2D eigenvalue weighted by molar-refractivity contribution is -0.140. The minimum atomic E-state index is -0.885. The number of ketones is 1. The Hall–Kier alpha value is -4.00. The summed E-state index contributed by atoms with van der Waals surface area (Å²) >= 11 is 0. The highest BCUT2D eigenvalue weighted by atomic mass is 16.5. The van der Waals surface area contributed by atoms with Crippen molar-refractivity contribution in [3.05, 3.63) is 89.4 Å². The highest BCUT2D eigenvalue weighted by molar-refractivity contribution is 6.46. The first-order valence-corrected chi connectivity index (χ1v) is 9.23. The minimum Gasteiger partial charge on any atom is -0.508 e. The molecule has 30 heavy (non-hydrogen) atoms. The van der Waals surface area contributed by atoms with Crippen molar-refractivity contribution in [3.63, 3.8) is 0 Å². The molecule has 0 unspecified atom stereocenters. The Kier molecular flexibility index (Phi) is 5.02. The number of aliphatic hydroxyl groups is 1. The van der Waals surface area contributed by atoms with E-state index in [0.29, 0.717) is 22.6 Å². The second-order valence-corrected chi connectivity index (χ2v) is 6.83. The number of likely N-dealkylation sites (tertiary alicyclic amines) is 1. The summed E-state index contributed by atoms with van der Waals surface area (Å²) in [4.78, 5) is 27.1. The highest BCUT2D eigenvalue weighted by Gasteiger charge is 2.46. The number of phenols is 1. The molecular weight excluding hydrogens is 386 g/mol. The summed E-state index contributed by atoms with van der Waals surface area (Å²) in [5.41, 5.74) is 0.815. The van der Waals surface area contributed by atoms with Gasteiger partial charge >= 0.3 is 0 Å². The van der Waals surface area contributed by atoms with Crippen molar-refractivity contribution in [1.82, 2.24) is 4.90 Å². The van der Waals surface area contributed by atoms with E-state index in [2.05, 4.69) is 0 Å². The third kappa shape index (κ3) is 3.41. The minimum absolute atomic E-state index is 0.0134. The van der Waals surface area contributed by atoms with Gasteiger partial charge in [0.15, 0.2) is 0 Å². The van der Waals surface area contributed by atoms with Crippen LogP contribution < -0.4 is 4.74 Å². The van der Waals surface area contributed by atoms with Crippen molar-refractivity contribution < 1.29 is 29.0 Å². The van der Waals surface area contributed by atoms with Crippen molar-refractivity contribution in [2.75, 3.05) is 7.11 Å².